The number of aliphatic hydroxyl groups excluding tert-OH is 1. The fraction of sp³-hybridized carbons (Fsp3) is 0.483. The summed E-state index contributed by atoms with van der Waals surface area (Å²) in [4.78, 5) is 54.3. The summed E-state index contributed by atoms with van der Waals surface area (Å²) in [6.07, 6.45) is 5.57. The van der Waals surface area contributed by atoms with Crippen molar-refractivity contribution >= 4 is 29.3 Å². The Morgan fingerprint density at radius 1 is 1.18 bits per heavy atom. The van der Waals surface area contributed by atoms with E-state index >= 15 is 0 Å². The summed E-state index contributed by atoms with van der Waals surface area (Å²) in [5, 5.41) is 20.6. The SMILES string of the molecule is C=C1CCC(N2C(=O)c3cccc(NCc4cnn(C5CCN(C(=O)[C@@H](O)CC(C)C)CC5)c4)c3C2=O)C(=O)N1. The average molecular weight is 549 g/mol. The summed E-state index contributed by atoms with van der Waals surface area (Å²) in [5.74, 6) is -1.29. The molecule has 0 aliphatic carbocycles. The number of amides is 4. The molecule has 1 aromatic carbocycles. The van der Waals surface area contributed by atoms with Crippen molar-refractivity contribution in [3.8, 4) is 0 Å². The molecule has 2 atom stereocenters. The average Bonchev–Trinajstić information content (AvgIpc) is 3.50. The number of nitrogens with one attached hydrogen (secondary N) is 2. The van der Waals surface area contributed by atoms with Crippen LogP contribution in [-0.4, -0.2) is 73.6 Å². The van der Waals surface area contributed by atoms with Crippen molar-refractivity contribution in [2.24, 2.45) is 5.92 Å². The molecule has 40 heavy (non-hydrogen) atoms. The zero-order valence-corrected chi connectivity index (χ0v) is 22.9. The van der Waals surface area contributed by atoms with Crippen LogP contribution < -0.4 is 10.6 Å². The lowest BCUT2D eigenvalue weighted by atomic mass is 10.0. The Balaban J connectivity index is 1.20. The van der Waals surface area contributed by atoms with Crippen molar-refractivity contribution in [3.63, 3.8) is 0 Å². The summed E-state index contributed by atoms with van der Waals surface area (Å²) < 4.78 is 1.91. The number of imide groups is 1. The van der Waals surface area contributed by atoms with E-state index in [4.69, 9.17) is 0 Å². The maximum absolute atomic E-state index is 13.3. The van der Waals surface area contributed by atoms with Crippen LogP contribution >= 0.6 is 0 Å². The molecular formula is C29H36N6O5. The van der Waals surface area contributed by atoms with Crippen LogP contribution in [0.15, 0.2) is 42.9 Å². The summed E-state index contributed by atoms with van der Waals surface area (Å²) >= 11 is 0. The van der Waals surface area contributed by atoms with Crippen molar-refractivity contribution in [3.05, 3.63) is 59.6 Å². The number of benzene rings is 1. The molecule has 3 aliphatic heterocycles. The second kappa shape index (κ2) is 11.2. The van der Waals surface area contributed by atoms with Gasteiger partial charge in [-0.1, -0.05) is 26.5 Å². The van der Waals surface area contributed by atoms with E-state index < -0.39 is 29.9 Å². The van der Waals surface area contributed by atoms with E-state index in [1.54, 1.807) is 29.3 Å². The quantitative estimate of drug-likeness (QED) is 0.431. The minimum Gasteiger partial charge on any atom is -0.383 e. The van der Waals surface area contributed by atoms with Gasteiger partial charge in [0.1, 0.15) is 12.1 Å². The van der Waals surface area contributed by atoms with Gasteiger partial charge in [-0.15, -0.1) is 0 Å². The third-order valence-electron chi connectivity index (χ3n) is 7.85. The number of piperidine rings is 2. The number of carbonyl (C=O) groups excluding carboxylic acids is 4. The molecule has 0 saturated carbocycles. The topological polar surface area (TPSA) is 137 Å². The van der Waals surface area contributed by atoms with E-state index in [0.29, 0.717) is 50.3 Å². The maximum atomic E-state index is 13.3. The number of aliphatic hydroxyl groups is 1. The molecule has 2 aromatic rings. The highest BCUT2D eigenvalue weighted by atomic mass is 16.3. The van der Waals surface area contributed by atoms with Gasteiger partial charge in [-0.2, -0.15) is 5.10 Å². The van der Waals surface area contributed by atoms with Gasteiger partial charge >= 0.3 is 0 Å². The monoisotopic (exact) mass is 548 g/mol. The second-order valence-electron chi connectivity index (χ2n) is 11.2. The smallest absolute Gasteiger partial charge is 0.264 e. The highest BCUT2D eigenvalue weighted by Crippen LogP contribution is 2.33. The predicted octanol–water partition coefficient (Wildman–Crippen LogP) is 2.45. The van der Waals surface area contributed by atoms with Crippen molar-refractivity contribution in [1.29, 1.82) is 0 Å². The molecule has 0 bridgehead atoms. The lowest BCUT2D eigenvalue weighted by Gasteiger charge is -2.33. The van der Waals surface area contributed by atoms with E-state index in [9.17, 15) is 24.3 Å². The standard InChI is InChI=1S/C29H36N6O5/c1-17(2)13-24(36)28(39)33-11-9-20(10-12-33)34-16-19(15-31-34)14-30-22-6-4-5-21-25(22)29(40)35(27(21)38)23-8-7-18(3)32-26(23)37/h4-6,15-17,20,23-24,30,36H,3,7-14H2,1-2H3,(H,32,37)/t23?,24-/m0/s1. The number of likely N-dealkylation sites (tertiary alicyclic amines) is 1. The third kappa shape index (κ3) is 5.38. The van der Waals surface area contributed by atoms with Crippen molar-refractivity contribution in [2.75, 3.05) is 18.4 Å². The first-order valence-electron chi connectivity index (χ1n) is 13.9. The fourth-order valence-electron chi connectivity index (χ4n) is 5.72. The minimum absolute atomic E-state index is 0.145. The van der Waals surface area contributed by atoms with Gasteiger partial charge < -0.3 is 20.6 Å². The molecule has 1 aromatic heterocycles. The lowest BCUT2D eigenvalue weighted by Crippen LogP contribution is -2.51. The summed E-state index contributed by atoms with van der Waals surface area (Å²) in [7, 11) is 0. The number of allylic oxidation sites excluding steroid dienone is 1. The number of carbonyl (C=O) groups is 4. The van der Waals surface area contributed by atoms with Gasteiger partial charge in [0.25, 0.3) is 17.7 Å². The fourth-order valence-corrected chi connectivity index (χ4v) is 5.72. The minimum atomic E-state index is -0.951. The number of fused-ring (bicyclic) bond motifs is 1. The molecule has 4 amide bonds. The van der Waals surface area contributed by atoms with Crippen molar-refractivity contribution < 1.29 is 24.3 Å². The largest absolute Gasteiger partial charge is 0.383 e. The van der Waals surface area contributed by atoms with Crippen molar-refractivity contribution in [2.45, 2.75) is 70.7 Å². The Morgan fingerprint density at radius 2 is 1.93 bits per heavy atom. The number of rotatable bonds is 8. The van der Waals surface area contributed by atoms with Gasteiger partial charge in [0, 0.05) is 42.8 Å². The van der Waals surface area contributed by atoms with Crippen LogP contribution in [0.2, 0.25) is 0 Å². The van der Waals surface area contributed by atoms with Crippen LogP contribution in [0.5, 0.6) is 0 Å². The molecule has 0 spiro atoms. The Bertz CT molecular complexity index is 1340. The van der Waals surface area contributed by atoms with Gasteiger partial charge in [0.2, 0.25) is 5.91 Å². The Hall–Kier alpha value is -3.99. The highest BCUT2D eigenvalue weighted by molar-refractivity contribution is 6.25. The molecule has 3 aliphatic rings. The van der Waals surface area contributed by atoms with Gasteiger partial charge in [-0.25, -0.2) is 0 Å². The summed E-state index contributed by atoms with van der Waals surface area (Å²) in [6.45, 7) is 9.27. The third-order valence-corrected chi connectivity index (χ3v) is 7.85. The van der Waals surface area contributed by atoms with Gasteiger partial charge in [0.15, 0.2) is 0 Å². The van der Waals surface area contributed by atoms with Gasteiger partial charge in [-0.05, 0) is 50.2 Å². The van der Waals surface area contributed by atoms with Crippen LogP contribution in [-0.2, 0) is 16.1 Å². The molecule has 1 unspecified atom stereocenters. The van der Waals surface area contributed by atoms with E-state index in [2.05, 4.69) is 22.3 Å². The first-order chi connectivity index (χ1) is 19.1. The first kappa shape index (κ1) is 27.6. The number of nitrogens with zero attached hydrogens (tertiary/aromatic N) is 4. The molecule has 2 saturated heterocycles. The molecular weight excluding hydrogens is 512 g/mol. The molecule has 212 valence electrons. The molecule has 4 heterocycles. The maximum Gasteiger partial charge on any atom is 0.264 e. The Labute approximate surface area is 233 Å². The van der Waals surface area contributed by atoms with E-state index in [0.717, 1.165) is 23.3 Å². The predicted molar refractivity (Wildman–Crippen MR) is 147 cm³/mol. The van der Waals surface area contributed by atoms with Crippen LogP contribution in [0.1, 0.15) is 78.3 Å². The number of hydrogen-bond acceptors (Lipinski definition) is 7. The summed E-state index contributed by atoms with van der Waals surface area (Å²) in [6, 6.07) is 4.36. The van der Waals surface area contributed by atoms with Crippen molar-refractivity contribution in [1.82, 2.24) is 24.9 Å². The van der Waals surface area contributed by atoms with E-state index in [1.807, 2.05) is 24.7 Å². The van der Waals surface area contributed by atoms with Gasteiger partial charge in [-0.3, -0.25) is 28.8 Å². The van der Waals surface area contributed by atoms with Gasteiger partial charge in [0.05, 0.1) is 23.4 Å². The first-order valence-corrected chi connectivity index (χ1v) is 13.9. The van der Waals surface area contributed by atoms with Crippen LogP contribution in [0.4, 0.5) is 5.69 Å². The zero-order valence-electron chi connectivity index (χ0n) is 22.9. The van der Waals surface area contributed by atoms with E-state index in [1.165, 1.54) is 0 Å². The second-order valence-corrected chi connectivity index (χ2v) is 11.2. The number of hydrogen-bond donors (Lipinski definition) is 3. The molecule has 5 rings (SSSR count). The van der Waals surface area contributed by atoms with Crippen LogP contribution in [0, 0.1) is 5.92 Å². The number of anilines is 1. The normalized spacial score (nSPS) is 20.6. The Morgan fingerprint density at radius 3 is 2.62 bits per heavy atom. The number of aromatic nitrogens is 2. The summed E-state index contributed by atoms with van der Waals surface area (Å²) in [5.41, 5.74) is 2.57. The molecule has 2 fully saturated rings. The lowest BCUT2D eigenvalue weighted by molar-refractivity contribution is -0.142. The zero-order chi connectivity index (χ0) is 28.6. The van der Waals surface area contributed by atoms with Crippen LogP contribution in [0.25, 0.3) is 0 Å². The molecule has 0 radical (unpaired) electrons. The van der Waals surface area contributed by atoms with Crippen LogP contribution in [0.3, 0.4) is 0 Å². The van der Waals surface area contributed by atoms with E-state index in [-0.39, 0.29) is 29.0 Å². The Kier molecular flexibility index (Phi) is 7.75. The molecule has 11 nitrogen and oxygen atoms in total. The molecule has 11 heteroatoms. The highest BCUT2D eigenvalue weighted by Gasteiger charge is 2.45. The molecule has 3 N–H and O–H groups in total.